The number of amides is 1. The van der Waals surface area contributed by atoms with E-state index in [-0.39, 0.29) is 28.9 Å². The summed E-state index contributed by atoms with van der Waals surface area (Å²) in [4.78, 5) is 26.0. The van der Waals surface area contributed by atoms with Crippen molar-refractivity contribution in [2.75, 3.05) is 18.4 Å². The third kappa shape index (κ3) is 5.13. The van der Waals surface area contributed by atoms with Crippen molar-refractivity contribution >= 4 is 29.3 Å². The molecule has 0 unspecified atom stereocenters. The Labute approximate surface area is 116 Å². The lowest BCUT2D eigenvalue weighted by atomic mass is 10.2. The summed E-state index contributed by atoms with van der Waals surface area (Å²) in [6.07, 6.45) is 1.18. The summed E-state index contributed by atoms with van der Waals surface area (Å²) >= 11 is 5.86. The second-order valence-corrected chi connectivity index (χ2v) is 4.82. The number of aromatic carboxylic acids is 1. The van der Waals surface area contributed by atoms with Crippen LogP contribution in [0.15, 0.2) is 12.3 Å². The molecule has 1 aromatic heterocycles. The zero-order valence-electron chi connectivity index (χ0n) is 10.7. The van der Waals surface area contributed by atoms with Gasteiger partial charge in [-0.25, -0.2) is 9.78 Å². The van der Waals surface area contributed by atoms with E-state index in [0.717, 1.165) is 0 Å². The Balaban J connectivity index is 2.54. The molecule has 0 saturated heterocycles. The highest BCUT2D eigenvalue weighted by Crippen LogP contribution is 2.19. The van der Waals surface area contributed by atoms with Crippen molar-refractivity contribution in [2.24, 2.45) is 5.92 Å². The van der Waals surface area contributed by atoms with Crippen LogP contribution >= 0.6 is 11.6 Å². The van der Waals surface area contributed by atoms with Crippen molar-refractivity contribution in [1.82, 2.24) is 10.3 Å². The molecule has 1 aromatic rings. The molecule has 0 aliphatic rings. The first-order valence-electron chi connectivity index (χ1n) is 5.79. The van der Waals surface area contributed by atoms with Gasteiger partial charge in [-0.3, -0.25) is 4.79 Å². The standard InChI is InChI=1S/C12H16ClN3O3/c1-7(2)4-14-10(17)6-16-11-9(13)3-8(5-15-11)12(18)19/h3,5,7H,4,6H2,1-2H3,(H,14,17)(H,15,16)(H,18,19). The lowest BCUT2D eigenvalue weighted by Gasteiger charge is -2.10. The van der Waals surface area contributed by atoms with E-state index in [1.54, 1.807) is 0 Å². The molecule has 0 bridgehead atoms. The van der Waals surface area contributed by atoms with E-state index >= 15 is 0 Å². The van der Waals surface area contributed by atoms with Crippen molar-refractivity contribution in [3.05, 3.63) is 22.8 Å². The van der Waals surface area contributed by atoms with Gasteiger partial charge in [-0.2, -0.15) is 0 Å². The van der Waals surface area contributed by atoms with Crippen LogP contribution in [0.1, 0.15) is 24.2 Å². The number of pyridine rings is 1. The van der Waals surface area contributed by atoms with Gasteiger partial charge in [-0.05, 0) is 12.0 Å². The van der Waals surface area contributed by atoms with Gasteiger partial charge in [0.05, 0.1) is 17.1 Å². The van der Waals surface area contributed by atoms with E-state index in [0.29, 0.717) is 12.5 Å². The Bertz CT molecular complexity index is 477. The van der Waals surface area contributed by atoms with Gasteiger partial charge in [0.2, 0.25) is 5.91 Å². The largest absolute Gasteiger partial charge is 0.478 e. The smallest absolute Gasteiger partial charge is 0.337 e. The van der Waals surface area contributed by atoms with Gasteiger partial charge in [0, 0.05) is 12.7 Å². The number of hydrogen-bond donors (Lipinski definition) is 3. The minimum absolute atomic E-state index is 0.000177. The third-order valence-electron chi connectivity index (χ3n) is 2.21. The number of carboxylic acids is 1. The summed E-state index contributed by atoms with van der Waals surface area (Å²) < 4.78 is 0. The number of carbonyl (C=O) groups is 2. The lowest BCUT2D eigenvalue weighted by molar-refractivity contribution is -0.119. The van der Waals surface area contributed by atoms with Gasteiger partial charge in [0.1, 0.15) is 5.82 Å². The minimum atomic E-state index is -1.10. The van der Waals surface area contributed by atoms with Crippen LogP contribution in [0.3, 0.4) is 0 Å². The summed E-state index contributed by atoms with van der Waals surface area (Å²) in [5.41, 5.74) is -0.000177. The maximum atomic E-state index is 11.5. The molecule has 6 nitrogen and oxygen atoms in total. The summed E-state index contributed by atoms with van der Waals surface area (Å²) in [7, 11) is 0. The SMILES string of the molecule is CC(C)CNC(=O)CNc1ncc(C(=O)O)cc1Cl. The van der Waals surface area contributed by atoms with E-state index in [1.807, 2.05) is 13.8 Å². The quantitative estimate of drug-likeness (QED) is 0.739. The van der Waals surface area contributed by atoms with Gasteiger partial charge >= 0.3 is 5.97 Å². The van der Waals surface area contributed by atoms with Gasteiger partial charge < -0.3 is 15.7 Å². The van der Waals surface area contributed by atoms with E-state index in [2.05, 4.69) is 15.6 Å². The van der Waals surface area contributed by atoms with E-state index in [4.69, 9.17) is 16.7 Å². The Morgan fingerprint density at radius 1 is 1.47 bits per heavy atom. The maximum absolute atomic E-state index is 11.5. The van der Waals surface area contributed by atoms with Crippen LogP contribution < -0.4 is 10.6 Å². The molecular weight excluding hydrogens is 270 g/mol. The number of carbonyl (C=O) groups excluding carboxylic acids is 1. The molecular formula is C12H16ClN3O3. The zero-order valence-corrected chi connectivity index (χ0v) is 11.5. The second kappa shape index (κ2) is 6.94. The number of aromatic nitrogens is 1. The molecule has 7 heteroatoms. The molecule has 1 rings (SSSR count). The average Bonchev–Trinajstić information content (AvgIpc) is 2.34. The molecule has 0 radical (unpaired) electrons. The van der Waals surface area contributed by atoms with Crippen LogP contribution in [0.4, 0.5) is 5.82 Å². The number of carboxylic acid groups (broad SMARTS) is 1. The maximum Gasteiger partial charge on any atom is 0.337 e. The summed E-state index contributed by atoms with van der Waals surface area (Å²) in [5, 5.41) is 14.4. The first kappa shape index (κ1) is 15.2. The second-order valence-electron chi connectivity index (χ2n) is 4.41. The number of anilines is 1. The fourth-order valence-electron chi connectivity index (χ4n) is 1.23. The molecule has 0 aromatic carbocycles. The fraction of sp³-hybridized carbons (Fsp3) is 0.417. The summed E-state index contributed by atoms with van der Waals surface area (Å²) in [6.45, 7) is 4.62. The number of hydrogen-bond acceptors (Lipinski definition) is 4. The van der Waals surface area contributed by atoms with Crippen molar-refractivity contribution in [3.8, 4) is 0 Å². The molecule has 0 saturated carbocycles. The molecule has 0 spiro atoms. The van der Waals surface area contributed by atoms with E-state index in [9.17, 15) is 9.59 Å². The van der Waals surface area contributed by atoms with Crippen molar-refractivity contribution in [3.63, 3.8) is 0 Å². The van der Waals surface area contributed by atoms with Crippen LogP contribution in [-0.2, 0) is 4.79 Å². The van der Waals surface area contributed by atoms with Gasteiger partial charge in [0.25, 0.3) is 0 Å². The lowest BCUT2D eigenvalue weighted by Crippen LogP contribution is -2.32. The van der Waals surface area contributed by atoms with Crippen LogP contribution in [0.2, 0.25) is 5.02 Å². The normalized spacial score (nSPS) is 10.3. The summed E-state index contributed by atoms with van der Waals surface area (Å²) in [5.74, 6) is -0.614. The Morgan fingerprint density at radius 2 is 2.16 bits per heavy atom. The highest BCUT2D eigenvalue weighted by atomic mass is 35.5. The van der Waals surface area contributed by atoms with Crippen molar-refractivity contribution in [2.45, 2.75) is 13.8 Å². The van der Waals surface area contributed by atoms with Crippen LogP contribution in [0, 0.1) is 5.92 Å². The Hall–Kier alpha value is -1.82. The highest BCUT2D eigenvalue weighted by Gasteiger charge is 2.09. The van der Waals surface area contributed by atoms with Crippen molar-refractivity contribution in [1.29, 1.82) is 0 Å². The first-order valence-corrected chi connectivity index (χ1v) is 6.17. The van der Waals surface area contributed by atoms with E-state index < -0.39 is 5.97 Å². The Kier molecular flexibility index (Phi) is 5.57. The topological polar surface area (TPSA) is 91.3 Å². The van der Waals surface area contributed by atoms with Gasteiger partial charge in [-0.1, -0.05) is 25.4 Å². The number of nitrogens with one attached hydrogen (secondary N) is 2. The summed E-state index contributed by atoms with van der Waals surface area (Å²) in [6, 6.07) is 1.28. The molecule has 0 aliphatic carbocycles. The minimum Gasteiger partial charge on any atom is -0.478 e. The molecule has 1 heterocycles. The van der Waals surface area contributed by atoms with Gasteiger partial charge in [-0.15, -0.1) is 0 Å². The molecule has 0 atom stereocenters. The molecule has 0 aliphatic heterocycles. The molecule has 0 fully saturated rings. The van der Waals surface area contributed by atoms with Crippen LogP contribution in [0.25, 0.3) is 0 Å². The number of nitrogens with zero attached hydrogens (tertiary/aromatic N) is 1. The van der Waals surface area contributed by atoms with Crippen LogP contribution in [0.5, 0.6) is 0 Å². The fourth-order valence-corrected chi connectivity index (χ4v) is 1.46. The van der Waals surface area contributed by atoms with Crippen molar-refractivity contribution < 1.29 is 14.7 Å². The molecule has 1 amide bonds. The molecule has 104 valence electrons. The zero-order chi connectivity index (χ0) is 14.4. The predicted octanol–water partition coefficient (Wildman–Crippen LogP) is 1.62. The predicted molar refractivity (Wildman–Crippen MR) is 72.5 cm³/mol. The highest BCUT2D eigenvalue weighted by molar-refractivity contribution is 6.33. The third-order valence-corrected chi connectivity index (χ3v) is 2.50. The van der Waals surface area contributed by atoms with Crippen LogP contribution in [-0.4, -0.2) is 35.1 Å². The van der Waals surface area contributed by atoms with E-state index in [1.165, 1.54) is 12.3 Å². The average molecular weight is 286 g/mol. The Morgan fingerprint density at radius 3 is 2.68 bits per heavy atom. The molecule has 19 heavy (non-hydrogen) atoms. The molecule has 3 N–H and O–H groups in total. The monoisotopic (exact) mass is 285 g/mol. The first-order chi connectivity index (χ1) is 8.90. The number of halogens is 1. The number of rotatable bonds is 6. The van der Waals surface area contributed by atoms with Gasteiger partial charge in [0.15, 0.2) is 0 Å².